The zero-order chi connectivity index (χ0) is 15.0. The molecule has 4 nitrogen and oxygen atoms in total. The Balaban J connectivity index is 2.14. The van der Waals surface area contributed by atoms with Crippen LogP contribution in [0.25, 0.3) is 0 Å². The highest BCUT2D eigenvalue weighted by Crippen LogP contribution is 2.51. The molecule has 0 aromatic carbocycles. The summed E-state index contributed by atoms with van der Waals surface area (Å²) in [6, 6.07) is 1.93. The number of hydrogen-bond donors (Lipinski definition) is 2. The standard InChI is InChI=1S/C15H23NO3S/c1-5-19-11-8-15(9-17,14(11,3)4)16-13(18)12-10(2)6-7-20-12/h6-7,11,17H,5,8-9H2,1-4H3,(H,16,18). The fourth-order valence-electron chi connectivity index (χ4n) is 2.88. The Labute approximate surface area is 124 Å². The smallest absolute Gasteiger partial charge is 0.262 e. The van der Waals surface area contributed by atoms with Crippen LogP contribution in [0.2, 0.25) is 0 Å². The molecule has 1 aliphatic rings. The van der Waals surface area contributed by atoms with E-state index in [4.69, 9.17) is 4.74 Å². The van der Waals surface area contributed by atoms with Crippen molar-refractivity contribution in [1.82, 2.24) is 5.32 Å². The Morgan fingerprint density at radius 2 is 2.30 bits per heavy atom. The molecule has 5 heteroatoms. The van der Waals surface area contributed by atoms with Gasteiger partial charge in [-0.1, -0.05) is 13.8 Å². The second kappa shape index (κ2) is 5.47. The number of amides is 1. The third-order valence-corrected chi connectivity index (χ3v) is 5.65. The quantitative estimate of drug-likeness (QED) is 0.877. The van der Waals surface area contributed by atoms with Crippen molar-refractivity contribution in [2.75, 3.05) is 13.2 Å². The van der Waals surface area contributed by atoms with Crippen LogP contribution in [0.15, 0.2) is 11.4 Å². The summed E-state index contributed by atoms with van der Waals surface area (Å²) in [6.07, 6.45) is 0.727. The second-order valence-electron chi connectivity index (χ2n) is 6.00. The predicted octanol–water partition coefficient (Wildman–Crippen LogP) is 2.35. The first-order valence-corrected chi connectivity index (χ1v) is 7.85. The Kier molecular flexibility index (Phi) is 4.23. The van der Waals surface area contributed by atoms with Crippen LogP contribution in [-0.2, 0) is 4.74 Å². The highest BCUT2D eigenvalue weighted by Gasteiger charge is 2.61. The molecule has 1 aromatic heterocycles. The molecule has 0 saturated heterocycles. The fraction of sp³-hybridized carbons (Fsp3) is 0.667. The first kappa shape index (κ1) is 15.5. The van der Waals surface area contributed by atoms with Crippen molar-refractivity contribution in [1.29, 1.82) is 0 Å². The number of hydrogen-bond acceptors (Lipinski definition) is 4. The van der Waals surface area contributed by atoms with Gasteiger partial charge in [0, 0.05) is 18.4 Å². The predicted molar refractivity (Wildman–Crippen MR) is 80.2 cm³/mol. The second-order valence-corrected chi connectivity index (χ2v) is 6.91. The van der Waals surface area contributed by atoms with Crippen molar-refractivity contribution in [2.24, 2.45) is 5.41 Å². The molecule has 112 valence electrons. The van der Waals surface area contributed by atoms with E-state index in [0.29, 0.717) is 17.9 Å². The van der Waals surface area contributed by atoms with Crippen molar-refractivity contribution in [3.63, 3.8) is 0 Å². The molecular weight excluding hydrogens is 274 g/mol. The van der Waals surface area contributed by atoms with E-state index in [0.717, 1.165) is 5.56 Å². The van der Waals surface area contributed by atoms with Crippen molar-refractivity contribution in [2.45, 2.75) is 45.8 Å². The van der Waals surface area contributed by atoms with E-state index in [2.05, 4.69) is 5.32 Å². The Morgan fingerprint density at radius 1 is 1.60 bits per heavy atom. The normalized spacial score (nSPS) is 27.9. The maximum Gasteiger partial charge on any atom is 0.262 e. The summed E-state index contributed by atoms with van der Waals surface area (Å²) < 4.78 is 5.69. The number of rotatable bonds is 5. The zero-order valence-electron chi connectivity index (χ0n) is 12.5. The van der Waals surface area contributed by atoms with E-state index in [1.54, 1.807) is 0 Å². The molecule has 1 fully saturated rings. The molecule has 1 aromatic rings. The molecule has 0 bridgehead atoms. The average Bonchev–Trinajstić information content (AvgIpc) is 2.83. The van der Waals surface area contributed by atoms with Gasteiger partial charge in [0.05, 0.1) is 23.1 Å². The van der Waals surface area contributed by atoms with Gasteiger partial charge in [0.25, 0.3) is 5.91 Å². The largest absolute Gasteiger partial charge is 0.394 e. The summed E-state index contributed by atoms with van der Waals surface area (Å²) in [5.41, 5.74) is 0.0953. The van der Waals surface area contributed by atoms with Crippen LogP contribution >= 0.6 is 11.3 Å². The third-order valence-electron chi connectivity index (χ3n) is 4.63. The molecule has 0 aliphatic heterocycles. The van der Waals surface area contributed by atoms with Gasteiger partial charge in [0.2, 0.25) is 0 Å². The Bertz CT molecular complexity index is 497. The molecule has 2 atom stereocenters. The van der Waals surface area contributed by atoms with Crippen molar-refractivity contribution >= 4 is 17.2 Å². The minimum atomic E-state index is -0.597. The number of ether oxygens (including phenoxy) is 1. The summed E-state index contributed by atoms with van der Waals surface area (Å²) in [5, 5.41) is 14.8. The highest BCUT2D eigenvalue weighted by atomic mass is 32.1. The maximum atomic E-state index is 12.4. The first-order chi connectivity index (χ1) is 9.38. The van der Waals surface area contributed by atoms with Gasteiger partial charge in [0.1, 0.15) is 0 Å². The number of nitrogens with one attached hydrogen (secondary N) is 1. The van der Waals surface area contributed by atoms with E-state index in [-0.39, 0.29) is 24.0 Å². The molecule has 1 saturated carbocycles. The lowest BCUT2D eigenvalue weighted by molar-refractivity contribution is -0.172. The lowest BCUT2D eigenvalue weighted by Gasteiger charge is -2.60. The van der Waals surface area contributed by atoms with E-state index in [1.807, 2.05) is 39.1 Å². The van der Waals surface area contributed by atoms with E-state index in [9.17, 15) is 9.90 Å². The summed E-state index contributed by atoms with van der Waals surface area (Å²) in [4.78, 5) is 13.1. The molecule has 2 unspecified atom stereocenters. The van der Waals surface area contributed by atoms with Gasteiger partial charge >= 0.3 is 0 Å². The number of carbonyl (C=O) groups excluding carboxylic acids is 1. The molecular formula is C15H23NO3S. The van der Waals surface area contributed by atoms with Crippen LogP contribution < -0.4 is 5.32 Å². The summed E-state index contributed by atoms with van der Waals surface area (Å²) in [6.45, 7) is 8.53. The molecule has 0 radical (unpaired) electrons. The molecule has 1 amide bonds. The van der Waals surface area contributed by atoms with E-state index >= 15 is 0 Å². The first-order valence-electron chi connectivity index (χ1n) is 6.97. The molecule has 0 spiro atoms. The van der Waals surface area contributed by atoms with Crippen LogP contribution in [0.5, 0.6) is 0 Å². The number of aryl methyl sites for hydroxylation is 1. The van der Waals surface area contributed by atoms with E-state index in [1.165, 1.54) is 11.3 Å². The number of aliphatic hydroxyl groups excluding tert-OH is 1. The van der Waals surface area contributed by atoms with Crippen LogP contribution in [0.3, 0.4) is 0 Å². The minimum absolute atomic E-state index is 0.0697. The lowest BCUT2D eigenvalue weighted by atomic mass is 9.54. The fourth-order valence-corrected chi connectivity index (χ4v) is 3.70. The molecule has 1 heterocycles. The van der Waals surface area contributed by atoms with Crippen molar-refractivity contribution in [3.05, 3.63) is 21.9 Å². The molecule has 1 aliphatic carbocycles. The van der Waals surface area contributed by atoms with Crippen LogP contribution in [-0.4, -0.2) is 35.9 Å². The topological polar surface area (TPSA) is 58.6 Å². The highest BCUT2D eigenvalue weighted by molar-refractivity contribution is 7.12. The van der Waals surface area contributed by atoms with Crippen molar-refractivity contribution < 1.29 is 14.6 Å². The maximum absolute atomic E-state index is 12.4. The third kappa shape index (κ3) is 2.28. The summed E-state index contributed by atoms with van der Waals surface area (Å²) in [7, 11) is 0. The van der Waals surface area contributed by atoms with Gasteiger partial charge in [-0.15, -0.1) is 11.3 Å². The number of carbonyl (C=O) groups is 1. The van der Waals surface area contributed by atoms with Gasteiger partial charge in [0.15, 0.2) is 0 Å². The van der Waals surface area contributed by atoms with Crippen LogP contribution in [0.1, 0.15) is 42.4 Å². The monoisotopic (exact) mass is 297 g/mol. The Morgan fingerprint density at radius 3 is 2.75 bits per heavy atom. The zero-order valence-corrected chi connectivity index (χ0v) is 13.3. The molecule has 2 rings (SSSR count). The number of thiophene rings is 1. The summed E-state index contributed by atoms with van der Waals surface area (Å²) >= 11 is 1.43. The molecule has 2 N–H and O–H groups in total. The van der Waals surface area contributed by atoms with Gasteiger partial charge in [-0.05, 0) is 30.9 Å². The van der Waals surface area contributed by atoms with Gasteiger partial charge < -0.3 is 15.2 Å². The minimum Gasteiger partial charge on any atom is -0.394 e. The lowest BCUT2D eigenvalue weighted by Crippen LogP contribution is -2.74. The van der Waals surface area contributed by atoms with Gasteiger partial charge in [-0.2, -0.15) is 0 Å². The molecule has 20 heavy (non-hydrogen) atoms. The van der Waals surface area contributed by atoms with Gasteiger partial charge in [-0.3, -0.25) is 4.79 Å². The summed E-state index contributed by atoms with van der Waals surface area (Å²) in [5.74, 6) is -0.102. The van der Waals surface area contributed by atoms with E-state index < -0.39 is 5.54 Å². The van der Waals surface area contributed by atoms with Crippen LogP contribution in [0, 0.1) is 12.3 Å². The average molecular weight is 297 g/mol. The van der Waals surface area contributed by atoms with Crippen molar-refractivity contribution in [3.8, 4) is 0 Å². The Hall–Kier alpha value is -0.910. The number of aliphatic hydroxyl groups is 1. The van der Waals surface area contributed by atoms with Crippen LogP contribution in [0.4, 0.5) is 0 Å². The SMILES string of the molecule is CCOC1CC(CO)(NC(=O)c2sccc2C)C1(C)C. The van der Waals surface area contributed by atoms with Gasteiger partial charge in [-0.25, -0.2) is 0 Å².